The van der Waals surface area contributed by atoms with Gasteiger partial charge in [-0.2, -0.15) is 0 Å². The van der Waals surface area contributed by atoms with Gasteiger partial charge in [-0.05, 0) is 68.6 Å². The quantitative estimate of drug-likeness (QED) is 0.871. The summed E-state index contributed by atoms with van der Waals surface area (Å²) in [5.41, 5.74) is -0.737. The number of nitrogens with one attached hydrogen (secondary N) is 2. The predicted molar refractivity (Wildman–Crippen MR) is 89.5 cm³/mol. The van der Waals surface area contributed by atoms with Crippen LogP contribution in [0, 0.1) is 23.2 Å². The van der Waals surface area contributed by atoms with E-state index in [-0.39, 0.29) is 23.9 Å². The van der Waals surface area contributed by atoms with Crippen molar-refractivity contribution in [3.05, 3.63) is 33.1 Å². The molecule has 1 aromatic heterocycles. The van der Waals surface area contributed by atoms with Gasteiger partial charge >= 0.3 is 5.69 Å². The van der Waals surface area contributed by atoms with Gasteiger partial charge in [-0.3, -0.25) is 19.1 Å². The topological polar surface area (TPSA) is 84.0 Å². The molecule has 0 saturated heterocycles. The van der Waals surface area contributed by atoms with Crippen LogP contribution in [0.2, 0.25) is 0 Å². The Labute approximate surface area is 140 Å². The standard InChI is InChI=1S/C18H25N3O3/c1-11(18-7-12-4-13(8-18)6-14(5-12)9-18)19-16(23)10-21-3-2-15(22)20-17(21)24/h2-3,11-14H,4-10H2,1H3,(H,19,23)(H,20,22,24). The molecule has 1 amide bonds. The van der Waals surface area contributed by atoms with E-state index in [4.69, 9.17) is 0 Å². The van der Waals surface area contributed by atoms with E-state index >= 15 is 0 Å². The molecule has 1 atom stereocenters. The minimum absolute atomic E-state index is 0.0493. The lowest BCUT2D eigenvalue weighted by atomic mass is 9.48. The summed E-state index contributed by atoms with van der Waals surface area (Å²) in [5, 5.41) is 3.14. The first-order valence-corrected chi connectivity index (χ1v) is 9.03. The number of carbonyl (C=O) groups is 1. The van der Waals surface area contributed by atoms with E-state index in [0.717, 1.165) is 17.8 Å². The number of nitrogens with zero attached hydrogens (tertiary/aromatic N) is 1. The smallest absolute Gasteiger partial charge is 0.328 e. The van der Waals surface area contributed by atoms with E-state index < -0.39 is 11.2 Å². The average molecular weight is 331 g/mol. The number of H-pyrrole nitrogens is 1. The number of aromatic nitrogens is 2. The summed E-state index contributed by atoms with van der Waals surface area (Å²) in [4.78, 5) is 37.4. The summed E-state index contributed by atoms with van der Waals surface area (Å²) in [6, 6.07) is 1.40. The molecule has 1 heterocycles. The van der Waals surface area contributed by atoms with Gasteiger partial charge in [0.15, 0.2) is 0 Å². The van der Waals surface area contributed by atoms with Crippen molar-refractivity contribution in [2.24, 2.45) is 23.2 Å². The number of amides is 1. The van der Waals surface area contributed by atoms with Crippen LogP contribution in [0.3, 0.4) is 0 Å². The van der Waals surface area contributed by atoms with E-state index in [1.165, 1.54) is 55.4 Å². The number of carbonyl (C=O) groups excluding carboxylic acids is 1. The maximum Gasteiger partial charge on any atom is 0.328 e. The van der Waals surface area contributed by atoms with Crippen LogP contribution in [0.4, 0.5) is 0 Å². The van der Waals surface area contributed by atoms with Gasteiger partial charge in [-0.15, -0.1) is 0 Å². The molecule has 130 valence electrons. The lowest BCUT2D eigenvalue weighted by molar-refractivity contribution is -0.126. The van der Waals surface area contributed by atoms with Gasteiger partial charge in [0.25, 0.3) is 5.56 Å². The predicted octanol–water partition coefficient (Wildman–Crippen LogP) is 1.26. The highest BCUT2D eigenvalue weighted by Gasteiger charge is 2.53. The van der Waals surface area contributed by atoms with Crippen molar-refractivity contribution in [2.75, 3.05) is 0 Å². The number of hydrogen-bond donors (Lipinski definition) is 2. The Morgan fingerprint density at radius 2 is 1.83 bits per heavy atom. The molecule has 2 N–H and O–H groups in total. The summed E-state index contributed by atoms with van der Waals surface area (Å²) in [6.45, 7) is 2.08. The van der Waals surface area contributed by atoms with E-state index in [2.05, 4.69) is 17.2 Å². The SMILES string of the molecule is CC(NC(=O)Cn1ccc(=O)[nH]c1=O)C12CC3CC(CC(C3)C1)C2. The first-order valence-electron chi connectivity index (χ1n) is 9.03. The minimum atomic E-state index is -0.542. The van der Waals surface area contributed by atoms with Crippen molar-refractivity contribution < 1.29 is 4.79 Å². The van der Waals surface area contributed by atoms with Crippen molar-refractivity contribution in [1.29, 1.82) is 0 Å². The normalized spacial score (nSPS) is 35.0. The zero-order chi connectivity index (χ0) is 16.9. The van der Waals surface area contributed by atoms with Crippen molar-refractivity contribution in [3.63, 3.8) is 0 Å². The molecule has 1 aromatic rings. The third kappa shape index (κ3) is 2.72. The zero-order valence-electron chi connectivity index (χ0n) is 14.1. The van der Waals surface area contributed by atoms with Gasteiger partial charge in [0, 0.05) is 18.3 Å². The van der Waals surface area contributed by atoms with Gasteiger partial charge in [0.2, 0.25) is 5.91 Å². The lowest BCUT2D eigenvalue weighted by Gasteiger charge is -2.59. The molecule has 24 heavy (non-hydrogen) atoms. The van der Waals surface area contributed by atoms with Crippen LogP contribution in [0.25, 0.3) is 0 Å². The molecule has 5 rings (SSSR count). The molecule has 0 aromatic carbocycles. The van der Waals surface area contributed by atoms with Crippen LogP contribution in [-0.4, -0.2) is 21.5 Å². The molecule has 0 aliphatic heterocycles. The number of aromatic amines is 1. The molecule has 4 aliphatic rings. The molecule has 0 radical (unpaired) electrons. The van der Waals surface area contributed by atoms with Gasteiger partial charge in [-0.1, -0.05) is 0 Å². The molecule has 6 heteroatoms. The Hall–Kier alpha value is -1.85. The second-order valence-electron chi connectivity index (χ2n) is 8.31. The first kappa shape index (κ1) is 15.7. The minimum Gasteiger partial charge on any atom is -0.352 e. The van der Waals surface area contributed by atoms with Crippen molar-refractivity contribution in [2.45, 2.75) is 58.0 Å². The molecule has 0 spiro atoms. The first-order chi connectivity index (χ1) is 11.4. The summed E-state index contributed by atoms with van der Waals surface area (Å²) < 4.78 is 1.24. The van der Waals surface area contributed by atoms with Gasteiger partial charge in [0.05, 0.1) is 0 Å². The summed E-state index contributed by atoms with van der Waals surface area (Å²) in [5.74, 6) is 2.37. The Morgan fingerprint density at radius 1 is 1.25 bits per heavy atom. The van der Waals surface area contributed by atoms with Crippen LogP contribution >= 0.6 is 0 Å². The highest BCUT2D eigenvalue weighted by molar-refractivity contribution is 5.76. The molecular weight excluding hydrogens is 306 g/mol. The second-order valence-corrected chi connectivity index (χ2v) is 8.31. The van der Waals surface area contributed by atoms with Gasteiger partial charge in [0.1, 0.15) is 6.54 Å². The van der Waals surface area contributed by atoms with Crippen LogP contribution in [0.1, 0.15) is 45.4 Å². The van der Waals surface area contributed by atoms with Crippen LogP contribution in [0.5, 0.6) is 0 Å². The van der Waals surface area contributed by atoms with Crippen molar-refractivity contribution in [3.8, 4) is 0 Å². The van der Waals surface area contributed by atoms with E-state index in [1.54, 1.807) is 0 Å². The molecule has 6 nitrogen and oxygen atoms in total. The average Bonchev–Trinajstić information content (AvgIpc) is 2.48. The maximum atomic E-state index is 12.4. The molecule has 4 aliphatic carbocycles. The fourth-order valence-electron chi connectivity index (χ4n) is 5.87. The number of hydrogen-bond acceptors (Lipinski definition) is 3. The fraction of sp³-hybridized carbons (Fsp3) is 0.722. The third-order valence-electron chi connectivity index (χ3n) is 6.59. The summed E-state index contributed by atoms with van der Waals surface area (Å²) in [6.07, 6.45) is 9.22. The third-order valence-corrected chi connectivity index (χ3v) is 6.59. The van der Waals surface area contributed by atoms with Crippen LogP contribution in [-0.2, 0) is 11.3 Å². The van der Waals surface area contributed by atoms with E-state index in [9.17, 15) is 14.4 Å². The molecular formula is C18H25N3O3. The highest BCUT2D eigenvalue weighted by Crippen LogP contribution is 2.61. The van der Waals surface area contributed by atoms with Crippen molar-refractivity contribution >= 4 is 5.91 Å². The lowest BCUT2D eigenvalue weighted by Crippen LogP contribution is -2.56. The Morgan fingerprint density at radius 3 is 2.38 bits per heavy atom. The molecule has 1 unspecified atom stereocenters. The second kappa shape index (κ2) is 5.60. The monoisotopic (exact) mass is 331 g/mol. The summed E-state index contributed by atoms with van der Waals surface area (Å²) >= 11 is 0. The van der Waals surface area contributed by atoms with Crippen LogP contribution in [0.15, 0.2) is 21.9 Å². The van der Waals surface area contributed by atoms with Gasteiger partial charge < -0.3 is 5.32 Å². The zero-order valence-corrected chi connectivity index (χ0v) is 14.1. The number of rotatable bonds is 4. The Bertz CT molecular complexity index is 728. The molecule has 4 saturated carbocycles. The van der Waals surface area contributed by atoms with E-state index in [0.29, 0.717) is 0 Å². The summed E-state index contributed by atoms with van der Waals surface area (Å²) in [7, 11) is 0. The molecule has 4 fully saturated rings. The largest absolute Gasteiger partial charge is 0.352 e. The van der Waals surface area contributed by atoms with Crippen LogP contribution < -0.4 is 16.6 Å². The fourth-order valence-corrected chi connectivity index (χ4v) is 5.87. The molecule has 4 bridgehead atoms. The Balaban J connectivity index is 1.44. The maximum absolute atomic E-state index is 12.4. The highest BCUT2D eigenvalue weighted by atomic mass is 16.2. The Kier molecular flexibility index (Phi) is 3.66. The van der Waals surface area contributed by atoms with Gasteiger partial charge in [-0.25, -0.2) is 4.79 Å². The van der Waals surface area contributed by atoms with E-state index in [1.807, 2.05) is 0 Å². The van der Waals surface area contributed by atoms with Crippen molar-refractivity contribution in [1.82, 2.24) is 14.9 Å².